The average Bonchev–Trinajstić information content (AvgIpc) is 3.05. The average molecular weight is 356 g/mol. The molecule has 1 amide bonds. The van der Waals surface area contributed by atoms with Gasteiger partial charge in [0.05, 0.1) is 0 Å². The Morgan fingerprint density at radius 1 is 0.926 bits per heavy atom. The summed E-state index contributed by atoms with van der Waals surface area (Å²) in [5, 5.41) is 11.4. The number of diazo groups is 1. The van der Waals surface area contributed by atoms with E-state index in [1.165, 1.54) is 22.3 Å². The maximum Gasteiger partial charge on any atom is 0.407 e. The molecule has 3 aromatic carbocycles. The molecule has 0 saturated heterocycles. The zero-order valence-corrected chi connectivity index (χ0v) is 14.6. The van der Waals surface area contributed by atoms with Gasteiger partial charge in [-0.3, -0.25) is 0 Å². The molecule has 0 aromatic heterocycles. The summed E-state index contributed by atoms with van der Waals surface area (Å²) in [6.07, 6.45) is -0.451. The Balaban J connectivity index is 1.40. The predicted molar refractivity (Wildman–Crippen MR) is 103 cm³/mol. The lowest BCUT2D eigenvalue weighted by Gasteiger charge is -2.14. The number of hydrogen-bond donors (Lipinski definition) is 1. The molecule has 4 rings (SSSR count). The van der Waals surface area contributed by atoms with Crippen LogP contribution >= 0.6 is 0 Å². The summed E-state index contributed by atoms with van der Waals surface area (Å²) in [6.45, 7) is 0.643. The zero-order chi connectivity index (χ0) is 18.6. The van der Waals surface area contributed by atoms with Crippen LogP contribution in [0.2, 0.25) is 0 Å². The highest BCUT2D eigenvalue weighted by atomic mass is 16.5. The molecule has 0 fully saturated rings. The van der Waals surface area contributed by atoms with Crippen molar-refractivity contribution in [3.05, 3.63) is 94.5 Å². The van der Waals surface area contributed by atoms with E-state index in [9.17, 15) is 4.79 Å². The Bertz CT molecular complexity index is 977. The van der Waals surface area contributed by atoms with Crippen molar-refractivity contribution in [3.8, 4) is 11.1 Å². The summed E-state index contributed by atoms with van der Waals surface area (Å²) in [5.74, 6) is 0.0496. The molecule has 0 unspecified atom stereocenters. The summed E-state index contributed by atoms with van der Waals surface area (Å²) >= 11 is 0. The highest BCUT2D eigenvalue weighted by Gasteiger charge is 2.28. The van der Waals surface area contributed by atoms with Crippen molar-refractivity contribution in [2.24, 2.45) is 0 Å². The first-order valence-electron chi connectivity index (χ1n) is 8.79. The van der Waals surface area contributed by atoms with E-state index >= 15 is 0 Å². The number of carbonyl (C=O) groups excluding carboxylic acids is 1. The van der Waals surface area contributed by atoms with Crippen molar-refractivity contribution in [2.45, 2.75) is 12.5 Å². The maximum atomic E-state index is 12.1. The van der Waals surface area contributed by atoms with Crippen LogP contribution < -0.4 is 5.32 Å². The quantitative estimate of drug-likeness (QED) is 0.653. The first-order chi connectivity index (χ1) is 13.3. The van der Waals surface area contributed by atoms with Gasteiger partial charge >= 0.3 is 11.8 Å². The van der Waals surface area contributed by atoms with Crippen LogP contribution in [0.4, 0.5) is 10.5 Å². The van der Waals surface area contributed by atoms with E-state index in [0.29, 0.717) is 18.8 Å². The van der Waals surface area contributed by atoms with Crippen LogP contribution in [0.3, 0.4) is 0 Å². The molecular formula is C22H18N3O2+. The lowest BCUT2D eigenvalue weighted by atomic mass is 9.98. The van der Waals surface area contributed by atoms with Gasteiger partial charge in [-0.15, -0.1) is 0 Å². The number of ether oxygens (including phenoxy) is 1. The fraction of sp³-hybridized carbons (Fsp3) is 0.136. The zero-order valence-electron chi connectivity index (χ0n) is 14.6. The van der Waals surface area contributed by atoms with Crippen LogP contribution in [0.1, 0.15) is 22.6 Å². The van der Waals surface area contributed by atoms with E-state index in [1.54, 1.807) is 24.3 Å². The predicted octanol–water partition coefficient (Wildman–Crippen LogP) is 5.21. The van der Waals surface area contributed by atoms with Gasteiger partial charge in [-0.1, -0.05) is 48.5 Å². The molecule has 0 radical (unpaired) electrons. The fourth-order valence-corrected chi connectivity index (χ4v) is 3.50. The Hall–Kier alpha value is -3.65. The summed E-state index contributed by atoms with van der Waals surface area (Å²) < 4.78 is 5.50. The summed E-state index contributed by atoms with van der Waals surface area (Å²) in [6, 6.07) is 23.4. The van der Waals surface area contributed by atoms with Crippen LogP contribution in [0, 0.1) is 5.39 Å². The Morgan fingerprint density at radius 3 is 2.11 bits per heavy atom. The minimum Gasteiger partial charge on any atom is -0.449 e. The Labute approximate surface area is 157 Å². The number of nitrogens with zero attached hydrogens (tertiary/aromatic N) is 2. The second kappa shape index (κ2) is 7.30. The third-order valence-electron chi connectivity index (χ3n) is 4.83. The third-order valence-corrected chi connectivity index (χ3v) is 4.83. The molecule has 1 aliphatic rings. The van der Waals surface area contributed by atoms with Crippen LogP contribution in [0.5, 0.6) is 0 Å². The van der Waals surface area contributed by atoms with Gasteiger partial charge in [0.25, 0.3) is 0 Å². The van der Waals surface area contributed by atoms with E-state index in [4.69, 9.17) is 10.1 Å². The van der Waals surface area contributed by atoms with Gasteiger partial charge in [0.15, 0.2) is 4.98 Å². The molecular weight excluding hydrogens is 338 g/mol. The molecule has 0 bridgehead atoms. The number of carbonyl (C=O) groups is 1. The molecule has 0 atom stereocenters. The summed E-state index contributed by atoms with van der Waals surface area (Å²) in [7, 11) is 0. The molecule has 27 heavy (non-hydrogen) atoms. The number of fused-ring (bicyclic) bond motifs is 3. The number of benzene rings is 3. The monoisotopic (exact) mass is 356 g/mol. The van der Waals surface area contributed by atoms with E-state index in [0.717, 1.165) is 5.56 Å². The van der Waals surface area contributed by atoms with Gasteiger partial charge in [0.1, 0.15) is 6.61 Å². The molecule has 0 spiro atoms. The SMILES string of the molecule is N#[N+]c1ccc(CNC(=O)OCC2c3ccccc3-c3ccccc32)cc1. The molecule has 132 valence electrons. The summed E-state index contributed by atoms with van der Waals surface area (Å²) in [4.78, 5) is 15.2. The standard InChI is InChI=1S/C22H17N3O2/c23-25-16-11-9-15(10-12-16)13-24-22(26)27-14-21-19-7-3-1-5-17(19)18-6-2-4-8-20(18)21/h1-12,21H,13-14H2/p+1. The Morgan fingerprint density at radius 2 is 1.52 bits per heavy atom. The molecule has 5 heteroatoms. The smallest absolute Gasteiger partial charge is 0.407 e. The van der Waals surface area contributed by atoms with E-state index < -0.39 is 6.09 Å². The molecule has 3 aromatic rings. The van der Waals surface area contributed by atoms with Crippen molar-refractivity contribution in [3.63, 3.8) is 0 Å². The second-order valence-electron chi connectivity index (χ2n) is 6.45. The topological polar surface area (TPSA) is 66.5 Å². The van der Waals surface area contributed by atoms with E-state index in [-0.39, 0.29) is 5.92 Å². The second-order valence-corrected chi connectivity index (χ2v) is 6.45. The lowest BCUT2D eigenvalue weighted by molar-refractivity contribution is 0.142. The van der Waals surface area contributed by atoms with Crippen molar-refractivity contribution >= 4 is 11.8 Å². The largest absolute Gasteiger partial charge is 0.449 e. The number of nitrogens with one attached hydrogen (secondary N) is 1. The Kier molecular flexibility index (Phi) is 4.54. The van der Waals surface area contributed by atoms with Gasteiger partial charge in [-0.05, 0) is 39.9 Å². The number of rotatable bonds is 4. The van der Waals surface area contributed by atoms with E-state index in [2.05, 4.69) is 34.6 Å². The number of amides is 1. The van der Waals surface area contributed by atoms with Crippen LogP contribution in [0.15, 0.2) is 72.8 Å². The van der Waals surface area contributed by atoms with Crippen molar-refractivity contribution in [2.75, 3.05) is 6.61 Å². The first kappa shape index (κ1) is 16.8. The molecule has 0 saturated carbocycles. The highest BCUT2D eigenvalue weighted by Crippen LogP contribution is 2.44. The minimum absolute atomic E-state index is 0.0496. The third kappa shape index (κ3) is 3.38. The number of alkyl carbamates (subject to hydrolysis) is 1. The molecule has 0 aliphatic heterocycles. The van der Waals surface area contributed by atoms with Crippen LogP contribution in [-0.4, -0.2) is 12.7 Å². The lowest BCUT2D eigenvalue weighted by Crippen LogP contribution is -2.25. The first-order valence-corrected chi connectivity index (χ1v) is 8.79. The van der Waals surface area contributed by atoms with E-state index in [1.807, 2.05) is 24.3 Å². The fourth-order valence-electron chi connectivity index (χ4n) is 3.50. The summed E-state index contributed by atoms with van der Waals surface area (Å²) in [5.41, 5.74) is 6.16. The minimum atomic E-state index is -0.451. The molecule has 0 heterocycles. The van der Waals surface area contributed by atoms with Gasteiger partial charge in [0, 0.05) is 24.6 Å². The number of hydrogen-bond acceptors (Lipinski definition) is 3. The van der Waals surface area contributed by atoms with Crippen LogP contribution in [0.25, 0.3) is 16.1 Å². The molecule has 5 nitrogen and oxygen atoms in total. The normalized spacial score (nSPS) is 12.0. The highest BCUT2D eigenvalue weighted by molar-refractivity contribution is 5.79. The van der Waals surface area contributed by atoms with Gasteiger partial charge in [-0.2, -0.15) is 0 Å². The van der Waals surface area contributed by atoms with Crippen molar-refractivity contribution < 1.29 is 9.53 Å². The van der Waals surface area contributed by atoms with Gasteiger partial charge in [-0.25, -0.2) is 4.79 Å². The maximum absolute atomic E-state index is 12.1. The molecule has 1 aliphatic carbocycles. The van der Waals surface area contributed by atoms with Crippen molar-refractivity contribution in [1.29, 1.82) is 5.39 Å². The van der Waals surface area contributed by atoms with Gasteiger partial charge in [0.2, 0.25) is 5.39 Å². The van der Waals surface area contributed by atoms with Gasteiger partial charge < -0.3 is 10.1 Å². The van der Waals surface area contributed by atoms with Crippen molar-refractivity contribution in [1.82, 2.24) is 5.32 Å². The molecule has 1 N–H and O–H groups in total. The van der Waals surface area contributed by atoms with Crippen LogP contribution in [-0.2, 0) is 11.3 Å².